The van der Waals surface area contributed by atoms with E-state index in [0.717, 1.165) is 16.9 Å². The van der Waals surface area contributed by atoms with Crippen LogP contribution in [0.2, 0.25) is 0 Å². The van der Waals surface area contributed by atoms with Crippen molar-refractivity contribution in [2.75, 3.05) is 6.54 Å². The number of aromatic nitrogens is 1. The molecule has 2 aromatic carbocycles. The quantitative estimate of drug-likeness (QED) is 0.554. The predicted molar refractivity (Wildman–Crippen MR) is 111 cm³/mol. The van der Waals surface area contributed by atoms with E-state index in [1.165, 1.54) is 0 Å². The summed E-state index contributed by atoms with van der Waals surface area (Å²) in [6, 6.07) is 19.5. The van der Waals surface area contributed by atoms with Gasteiger partial charge in [-0.25, -0.2) is 4.98 Å². The lowest BCUT2D eigenvalue weighted by molar-refractivity contribution is -0.122. The number of amides is 2. The van der Waals surface area contributed by atoms with Gasteiger partial charge in [-0.1, -0.05) is 60.7 Å². The standard InChI is InChI=1S/C23H25N3O3/c27-21(24-15-14-22(28)25-16-18-8-3-1-4-9-18)12-7-13-23-26-17-20(29-23)19-10-5-2-6-11-19/h1-6,8-11,17H,7,12-16H2,(H,24,27)(H,25,28). The fourth-order valence-electron chi connectivity index (χ4n) is 2.85. The van der Waals surface area contributed by atoms with E-state index in [1.54, 1.807) is 6.20 Å². The van der Waals surface area contributed by atoms with Crippen LogP contribution in [0.4, 0.5) is 0 Å². The lowest BCUT2D eigenvalue weighted by atomic mass is 10.2. The molecule has 2 amide bonds. The number of hydrogen-bond donors (Lipinski definition) is 2. The van der Waals surface area contributed by atoms with Crippen LogP contribution in [0.5, 0.6) is 0 Å². The highest BCUT2D eigenvalue weighted by molar-refractivity contribution is 5.78. The molecule has 29 heavy (non-hydrogen) atoms. The lowest BCUT2D eigenvalue weighted by Gasteiger charge is -2.07. The molecule has 1 heterocycles. The maximum atomic E-state index is 11.9. The number of carbonyl (C=O) groups is 2. The third-order valence-corrected chi connectivity index (χ3v) is 4.41. The molecule has 6 heteroatoms. The minimum Gasteiger partial charge on any atom is -0.441 e. The van der Waals surface area contributed by atoms with Crippen molar-refractivity contribution >= 4 is 11.8 Å². The molecular formula is C23H25N3O3. The summed E-state index contributed by atoms with van der Waals surface area (Å²) in [5, 5.41) is 5.62. The average Bonchev–Trinajstić information content (AvgIpc) is 3.23. The normalized spacial score (nSPS) is 10.5. The van der Waals surface area contributed by atoms with E-state index in [0.29, 0.717) is 38.2 Å². The molecule has 3 rings (SSSR count). The van der Waals surface area contributed by atoms with Gasteiger partial charge in [0.1, 0.15) is 0 Å². The molecule has 0 saturated carbocycles. The molecule has 0 radical (unpaired) electrons. The first-order chi connectivity index (χ1) is 14.2. The zero-order valence-electron chi connectivity index (χ0n) is 16.3. The van der Waals surface area contributed by atoms with E-state index < -0.39 is 0 Å². The summed E-state index contributed by atoms with van der Waals surface area (Å²) in [4.78, 5) is 28.0. The van der Waals surface area contributed by atoms with Crippen LogP contribution in [0.15, 0.2) is 71.3 Å². The van der Waals surface area contributed by atoms with Crippen molar-refractivity contribution in [3.05, 3.63) is 78.3 Å². The van der Waals surface area contributed by atoms with Crippen LogP contribution in [-0.2, 0) is 22.6 Å². The van der Waals surface area contributed by atoms with Crippen molar-refractivity contribution in [3.63, 3.8) is 0 Å². The third-order valence-electron chi connectivity index (χ3n) is 4.41. The molecule has 0 unspecified atom stereocenters. The number of nitrogens with one attached hydrogen (secondary N) is 2. The molecule has 0 aliphatic rings. The number of nitrogens with zero attached hydrogens (tertiary/aromatic N) is 1. The molecule has 3 aromatic rings. The van der Waals surface area contributed by atoms with E-state index in [4.69, 9.17) is 4.42 Å². The molecule has 0 atom stereocenters. The van der Waals surface area contributed by atoms with Crippen LogP contribution in [0.25, 0.3) is 11.3 Å². The molecule has 0 spiro atoms. The van der Waals surface area contributed by atoms with Gasteiger partial charge >= 0.3 is 0 Å². The molecule has 2 N–H and O–H groups in total. The number of benzene rings is 2. The molecular weight excluding hydrogens is 366 g/mol. The third kappa shape index (κ3) is 6.92. The Labute approximate surface area is 170 Å². The Hall–Kier alpha value is -3.41. The van der Waals surface area contributed by atoms with Crippen LogP contribution in [-0.4, -0.2) is 23.3 Å². The summed E-state index contributed by atoms with van der Waals surface area (Å²) in [7, 11) is 0. The minimum atomic E-state index is -0.0811. The van der Waals surface area contributed by atoms with Crippen molar-refractivity contribution in [1.82, 2.24) is 15.6 Å². The Bertz CT molecular complexity index is 907. The van der Waals surface area contributed by atoms with Gasteiger partial charge in [-0.3, -0.25) is 9.59 Å². The second-order valence-corrected chi connectivity index (χ2v) is 6.70. The number of oxazole rings is 1. The summed E-state index contributed by atoms with van der Waals surface area (Å²) >= 11 is 0. The summed E-state index contributed by atoms with van der Waals surface area (Å²) in [5.41, 5.74) is 2.03. The Morgan fingerprint density at radius 3 is 2.31 bits per heavy atom. The fourth-order valence-corrected chi connectivity index (χ4v) is 2.85. The maximum Gasteiger partial charge on any atom is 0.222 e. The smallest absolute Gasteiger partial charge is 0.222 e. The highest BCUT2D eigenvalue weighted by Crippen LogP contribution is 2.20. The average molecular weight is 391 g/mol. The largest absolute Gasteiger partial charge is 0.441 e. The van der Waals surface area contributed by atoms with Gasteiger partial charge < -0.3 is 15.1 Å². The first kappa shape index (κ1) is 20.3. The van der Waals surface area contributed by atoms with Gasteiger partial charge in [-0.15, -0.1) is 0 Å². The molecule has 0 aliphatic heterocycles. The maximum absolute atomic E-state index is 11.9. The second-order valence-electron chi connectivity index (χ2n) is 6.70. The van der Waals surface area contributed by atoms with Crippen molar-refractivity contribution in [2.24, 2.45) is 0 Å². The lowest BCUT2D eigenvalue weighted by Crippen LogP contribution is -2.30. The zero-order chi connectivity index (χ0) is 20.3. The van der Waals surface area contributed by atoms with E-state index in [2.05, 4.69) is 15.6 Å². The van der Waals surface area contributed by atoms with E-state index in [9.17, 15) is 9.59 Å². The Kier molecular flexibility index (Phi) is 7.57. The van der Waals surface area contributed by atoms with Gasteiger partial charge in [0.15, 0.2) is 11.7 Å². The first-order valence-electron chi connectivity index (χ1n) is 9.78. The minimum absolute atomic E-state index is 0.0734. The number of hydrogen-bond acceptors (Lipinski definition) is 4. The van der Waals surface area contributed by atoms with E-state index in [-0.39, 0.29) is 18.2 Å². The fraction of sp³-hybridized carbons (Fsp3) is 0.261. The van der Waals surface area contributed by atoms with Gasteiger partial charge in [0.05, 0.1) is 6.20 Å². The highest BCUT2D eigenvalue weighted by Gasteiger charge is 2.08. The van der Waals surface area contributed by atoms with Gasteiger partial charge in [0.25, 0.3) is 0 Å². The summed E-state index contributed by atoms with van der Waals surface area (Å²) in [6.45, 7) is 0.825. The highest BCUT2D eigenvalue weighted by atomic mass is 16.4. The Balaban J connectivity index is 1.28. The van der Waals surface area contributed by atoms with Gasteiger partial charge in [-0.05, 0) is 12.0 Å². The molecule has 0 fully saturated rings. The first-order valence-corrected chi connectivity index (χ1v) is 9.78. The summed E-state index contributed by atoms with van der Waals surface area (Å²) in [5.74, 6) is 1.20. The van der Waals surface area contributed by atoms with Gasteiger partial charge in [0, 0.05) is 37.9 Å². The van der Waals surface area contributed by atoms with Crippen molar-refractivity contribution in [1.29, 1.82) is 0 Å². The molecule has 0 bridgehead atoms. The number of rotatable bonds is 10. The topological polar surface area (TPSA) is 84.2 Å². The van der Waals surface area contributed by atoms with E-state index in [1.807, 2.05) is 60.7 Å². The molecule has 150 valence electrons. The summed E-state index contributed by atoms with van der Waals surface area (Å²) < 4.78 is 5.73. The number of aryl methyl sites for hydroxylation is 1. The molecule has 1 aromatic heterocycles. The predicted octanol–water partition coefficient (Wildman–Crippen LogP) is 3.49. The molecule has 0 aliphatic carbocycles. The SMILES string of the molecule is O=C(CCCc1ncc(-c2ccccc2)o1)NCCC(=O)NCc1ccccc1. The van der Waals surface area contributed by atoms with Crippen molar-refractivity contribution in [2.45, 2.75) is 32.2 Å². The van der Waals surface area contributed by atoms with Crippen molar-refractivity contribution in [3.8, 4) is 11.3 Å². The van der Waals surface area contributed by atoms with Crippen LogP contribution >= 0.6 is 0 Å². The number of carbonyl (C=O) groups excluding carboxylic acids is 2. The van der Waals surface area contributed by atoms with Crippen LogP contribution in [0.3, 0.4) is 0 Å². The zero-order valence-corrected chi connectivity index (χ0v) is 16.3. The molecule has 0 saturated heterocycles. The van der Waals surface area contributed by atoms with Crippen molar-refractivity contribution < 1.29 is 14.0 Å². The van der Waals surface area contributed by atoms with Gasteiger partial charge in [-0.2, -0.15) is 0 Å². The summed E-state index contributed by atoms with van der Waals surface area (Å²) in [6.07, 6.45) is 3.57. The second kappa shape index (κ2) is 10.8. The van der Waals surface area contributed by atoms with Crippen LogP contribution in [0, 0.1) is 0 Å². The van der Waals surface area contributed by atoms with Gasteiger partial charge in [0.2, 0.25) is 11.8 Å². The Morgan fingerprint density at radius 2 is 1.55 bits per heavy atom. The Morgan fingerprint density at radius 1 is 0.862 bits per heavy atom. The monoisotopic (exact) mass is 391 g/mol. The van der Waals surface area contributed by atoms with E-state index >= 15 is 0 Å². The van der Waals surface area contributed by atoms with Crippen LogP contribution in [0.1, 0.15) is 30.7 Å². The van der Waals surface area contributed by atoms with Crippen LogP contribution < -0.4 is 10.6 Å². The molecule has 6 nitrogen and oxygen atoms in total.